The van der Waals surface area contributed by atoms with Gasteiger partial charge in [-0.25, -0.2) is 9.97 Å². The summed E-state index contributed by atoms with van der Waals surface area (Å²) in [6, 6.07) is 34.9. The van der Waals surface area contributed by atoms with Crippen molar-refractivity contribution < 1.29 is 26.3 Å². The number of halogens is 6. The molecule has 0 spiro atoms. The monoisotopic (exact) mass is 958 g/mol. The predicted octanol–water partition coefficient (Wildman–Crippen LogP) is 10.1. The normalized spacial score (nSPS) is 12.4. The summed E-state index contributed by atoms with van der Waals surface area (Å²) in [5.41, 5.74) is 14.0. The summed E-state index contributed by atoms with van der Waals surface area (Å²) in [5, 5.41) is 6.31. The number of hydrogen-bond donors (Lipinski definition) is 4. The van der Waals surface area contributed by atoms with E-state index in [2.05, 4.69) is 30.6 Å². The summed E-state index contributed by atoms with van der Waals surface area (Å²) in [6.45, 7) is 0.879. The van der Waals surface area contributed by atoms with Crippen LogP contribution in [0.5, 0.6) is 0 Å². The van der Waals surface area contributed by atoms with Gasteiger partial charge in [0.05, 0.1) is 33.6 Å². The Hall–Kier alpha value is -7.96. The van der Waals surface area contributed by atoms with E-state index in [1.165, 1.54) is 72.3 Å². The second-order valence-electron chi connectivity index (χ2n) is 16.1. The van der Waals surface area contributed by atoms with Crippen LogP contribution in [0.15, 0.2) is 168 Å². The van der Waals surface area contributed by atoms with Gasteiger partial charge in [-0.1, -0.05) is 84.9 Å². The zero-order valence-electron chi connectivity index (χ0n) is 37.9. The second kappa shape index (κ2) is 22.0. The lowest BCUT2D eigenvalue weighted by molar-refractivity contribution is -0.138. The van der Waals surface area contributed by atoms with Crippen LogP contribution in [0.25, 0.3) is 44.8 Å². The summed E-state index contributed by atoms with van der Waals surface area (Å²) in [5.74, 6) is 0.579. The minimum Gasteiger partial charge on any atom is -0.355 e. The molecular weight excluding hydrogens is 911 g/mol. The van der Waals surface area contributed by atoms with E-state index in [-0.39, 0.29) is 57.6 Å². The van der Waals surface area contributed by atoms with Crippen LogP contribution in [0.1, 0.15) is 47.2 Å². The second-order valence-corrected chi connectivity index (χ2v) is 16.1. The Bertz CT molecular complexity index is 2920. The van der Waals surface area contributed by atoms with Crippen molar-refractivity contribution in [2.45, 2.75) is 37.3 Å². The minimum atomic E-state index is -4.54. The van der Waals surface area contributed by atoms with Crippen LogP contribution in [0, 0.1) is 0 Å². The lowest BCUT2D eigenvalue weighted by Crippen LogP contribution is -2.26. The van der Waals surface area contributed by atoms with Crippen molar-refractivity contribution >= 4 is 11.9 Å². The van der Waals surface area contributed by atoms with Crippen molar-refractivity contribution in [3.63, 3.8) is 0 Å². The van der Waals surface area contributed by atoms with E-state index in [1.54, 1.807) is 24.3 Å². The van der Waals surface area contributed by atoms with Gasteiger partial charge < -0.3 is 22.1 Å². The van der Waals surface area contributed by atoms with Crippen LogP contribution >= 0.6 is 0 Å². The first-order valence-electron chi connectivity index (χ1n) is 22.0. The molecule has 360 valence electrons. The van der Waals surface area contributed by atoms with E-state index in [0.29, 0.717) is 37.1 Å². The Labute approximate surface area is 398 Å². The van der Waals surface area contributed by atoms with Crippen molar-refractivity contribution in [3.05, 3.63) is 201 Å². The highest BCUT2D eigenvalue weighted by atomic mass is 19.4. The molecule has 4 heterocycles. The number of nitrogens with two attached hydrogens (primary N) is 2. The number of pyridine rings is 2. The van der Waals surface area contributed by atoms with Crippen molar-refractivity contribution in [2.75, 3.05) is 23.7 Å². The van der Waals surface area contributed by atoms with Gasteiger partial charge in [-0.2, -0.15) is 26.3 Å². The highest BCUT2D eigenvalue weighted by Gasteiger charge is 2.32. The smallest absolute Gasteiger partial charge is 0.355 e. The molecule has 0 radical (unpaired) electrons. The maximum Gasteiger partial charge on any atom is 0.416 e. The van der Waals surface area contributed by atoms with Gasteiger partial charge >= 0.3 is 12.4 Å². The average molecular weight is 959 g/mol. The van der Waals surface area contributed by atoms with E-state index in [0.717, 1.165) is 35.4 Å². The summed E-state index contributed by atoms with van der Waals surface area (Å²) in [7, 11) is 3.06. The SMILES string of the molecule is Cn1c(NCCC(N)c2ccccc2)nc(-c2ccncc2)c(-c2cccc(C(F)(F)F)c2)c1=O.Cn1c(NCC[C@@H](N)c2ccccc2)nc(-c2ccncc2)c(-c2cccc(C(F)(F)F)c2)c1=O. The number of rotatable bonds is 14. The number of hydrogen-bond acceptors (Lipinski definition) is 10. The zero-order chi connectivity index (χ0) is 50.0. The molecule has 6 N–H and O–H groups in total. The van der Waals surface area contributed by atoms with Crippen LogP contribution in [-0.2, 0) is 26.4 Å². The van der Waals surface area contributed by atoms with Crippen LogP contribution in [0.3, 0.4) is 0 Å². The van der Waals surface area contributed by atoms with Crippen molar-refractivity contribution in [3.8, 4) is 44.8 Å². The highest BCUT2D eigenvalue weighted by Crippen LogP contribution is 2.36. The molecule has 1 unspecified atom stereocenters. The number of nitrogens with zero attached hydrogens (tertiary/aromatic N) is 6. The molecule has 0 fully saturated rings. The Morgan fingerprint density at radius 2 is 0.857 bits per heavy atom. The summed E-state index contributed by atoms with van der Waals surface area (Å²) >= 11 is 0. The van der Waals surface area contributed by atoms with Crippen LogP contribution in [0.2, 0.25) is 0 Å². The van der Waals surface area contributed by atoms with Gasteiger partial charge in [0.1, 0.15) is 0 Å². The molecule has 4 aromatic heterocycles. The first-order valence-corrected chi connectivity index (χ1v) is 22.0. The molecule has 12 nitrogen and oxygen atoms in total. The summed E-state index contributed by atoms with van der Waals surface area (Å²) < 4.78 is 82.7. The lowest BCUT2D eigenvalue weighted by Gasteiger charge is -2.18. The first kappa shape index (κ1) is 49.9. The van der Waals surface area contributed by atoms with Gasteiger partial charge in [-0.3, -0.25) is 28.7 Å². The van der Waals surface area contributed by atoms with E-state index >= 15 is 0 Å². The van der Waals surface area contributed by atoms with Crippen molar-refractivity contribution in [1.82, 2.24) is 29.1 Å². The largest absolute Gasteiger partial charge is 0.416 e. The Balaban J connectivity index is 0.000000206. The topological polar surface area (TPSA) is 172 Å². The first-order chi connectivity index (χ1) is 33.5. The molecule has 70 heavy (non-hydrogen) atoms. The third kappa shape index (κ3) is 12.0. The van der Waals surface area contributed by atoms with Crippen molar-refractivity contribution in [2.24, 2.45) is 25.6 Å². The minimum absolute atomic E-state index is 0.0799. The van der Waals surface area contributed by atoms with Gasteiger partial charge in [-0.05, 0) is 83.6 Å². The molecule has 0 aliphatic heterocycles. The summed E-state index contributed by atoms with van der Waals surface area (Å²) in [6.07, 6.45) is -1.76. The molecule has 18 heteroatoms. The van der Waals surface area contributed by atoms with Gasteiger partial charge in [0, 0.05) is 75.2 Å². The van der Waals surface area contributed by atoms with E-state index in [9.17, 15) is 35.9 Å². The fourth-order valence-electron chi connectivity index (χ4n) is 7.59. The van der Waals surface area contributed by atoms with E-state index < -0.39 is 34.6 Å². The third-order valence-electron chi connectivity index (χ3n) is 11.4. The number of benzene rings is 4. The number of aromatic nitrogens is 6. The molecule has 0 aliphatic carbocycles. The fraction of sp³-hybridized carbons (Fsp3) is 0.192. The van der Waals surface area contributed by atoms with Gasteiger partial charge in [0.2, 0.25) is 11.9 Å². The molecule has 0 saturated carbocycles. The van der Waals surface area contributed by atoms with E-state index in [4.69, 9.17) is 11.5 Å². The molecule has 8 aromatic rings. The predicted molar refractivity (Wildman–Crippen MR) is 259 cm³/mol. The van der Waals surface area contributed by atoms with Crippen LogP contribution in [0.4, 0.5) is 38.2 Å². The van der Waals surface area contributed by atoms with Crippen LogP contribution < -0.4 is 33.2 Å². The molecule has 8 rings (SSSR count). The Morgan fingerprint density at radius 3 is 1.20 bits per heavy atom. The molecule has 2 atom stereocenters. The Kier molecular flexibility index (Phi) is 15.7. The van der Waals surface area contributed by atoms with E-state index in [1.807, 2.05) is 60.7 Å². The van der Waals surface area contributed by atoms with Gasteiger partial charge in [0.25, 0.3) is 11.1 Å². The molecule has 0 saturated heterocycles. The molecule has 0 aliphatic rings. The quantitative estimate of drug-likeness (QED) is 0.0769. The maximum atomic E-state index is 13.4. The Morgan fingerprint density at radius 1 is 0.500 bits per heavy atom. The standard InChI is InChI=1S/2C26H24F3N5O/c2*1-34-24(35)22(19-8-5-9-20(16-19)26(27,28)29)23(18-10-13-31-14-11-18)33-25(34)32-15-12-21(30)17-6-3-2-4-7-17/h2*2-11,13-14,16,21H,12,15,30H2,1H3,(H,32,33)/t21-;/m1./s1. The number of alkyl halides is 6. The number of nitrogens with one attached hydrogen (secondary N) is 2. The molecule has 0 amide bonds. The molecular formula is C52H48F6N10O2. The van der Waals surface area contributed by atoms with Crippen molar-refractivity contribution in [1.29, 1.82) is 0 Å². The maximum absolute atomic E-state index is 13.4. The van der Waals surface area contributed by atoms with Crippen LogP contribution in [-0.4, -0.2) is 42.2 Å². The summed E-state index contributed by atoms with van der Waals surface area (Å²) in [4.78, 5) is 44.1. The lowest BCUT2D eigenvalue weighted by atomic mass is 9.99. The molecule has 4 aromatic carbocycles. The average Bonchev–Trinajstić information content (AvgIpc) is 3.37. The zero-order valence-corrected chi connectivity index (χ0v) is 37.9. The number of anilines is 2. The third-order valence-corrected chi connectivity index (χ3v) is 11.4. The highest BCUT2D eigenvalue weighted by molar-refractivity contribution is 5.82. The van der Waals surface area contributed by atoms with Gasteiger partial charge in [-0.15, -0.1) is 0 Å². The molecule has 0 bridgehead atoms. The fourth-order valence-corrected chi connectivity index (χ4v) is 7.59. The van der Waals surface area contributed by atoms with Gasteiger partial charge in [0.15, 0.2) is 0 Å².